The van der Waals surface area contributed by atoms with Gasteiger partial charge >= 0.3 is 5.97 Å². The molecule has 3 aromatic rings. The van der Waals surface area contributed by atoms with Crippen molar-refractivity contribution in [1.82, 2.24) is 5.43 Å². The lowest BCUT2D eigenvalue weighted by atomic mass is 10.2. The first kappa shape index (κ1) is 26.0. The maximum atomic E-state index is 12.6. The summed E-state index contributed by atoms with van der Waals surface area (Å²) < 4.78 is 16.8. The van der Waals surface area contributed by atoms with Crippen molar-refractivity contribution in [2.24, 2.45) is 5.10 Å². The number of carbonyl (C=O) groups is 1. The average molecular weight is 512 g/mol. The summed E-state index contributed by atoms with van der Waals surface area (Å²) in [6, 6.07) is 19.1. The zero-order valence-electron chi connectivity index (χ0n) is 19.4. The molecule has 7 nitrogen and oxygen atoms in total. The van der Waals surface area contributed by atoms with Crippen molar-refractivity contribution >= 4 is 46.8 Å². The van der Waals surface area contributed by atoms with E-state index in [1.807, 2.05) is 26.0 Å². The lowest BCUT2D eigenvalue weighted by Gasteiger charge is -2.12. The van der Waals surface area contributed by atoms with Crippen LogP contribution in [0.2, 0.25) is 5.02 Å². The van der Waals surface area contributed by atoms with Crippen molar-refractivity contribution < 1.29 is 19.0 Å². The first-order valence-electron chi connectivity index (χ1n) is 11.1. The Morgan fingerprint density at radius 1 is 1.03 bits per heavy atom. The van der Waals surface area contributed by atoms with Gasteiger partial charge in [0.05, 0.1) is 25.0 Å². The first-order valence-corrected chi connectivity index (χ1v) is 11.8. The average Bonchev–Trinajstić information content (AvgIpc) is 2.84. The zero-order valence-corrected chi connectivity index (χ0v) is 21.0. The molecule has 0 saturated heterocycles. The number of benzene rings is 3. The number of nitrogens with one attached hydrogen (secondary N) is 2. The molecule has 182 valence electrons. The largest absolute Gasteiger partial charge is 0.494 e. The van der Waals surface area contributed by atoms with Gasteiger partial charge in [-0.15, -0.1) is 0 Å². The molecule has 0 radical (unpaired) electrons. The number of nitrogens with zero attached hydrogens (tertiary/aromatic N) is 1. The second kappa shape index (κ2) is 13.3. The lowest BCUT2D eigenvalue weighted by Crippen LogP contribution is -2.23. The summed E-state index contributed by atoms with van der Waals surface area (Å²) in [5.41, 5.74) is 4.63. The second-order valence-corrected chi connectivity index (χ2v) is 8.08. The number of carbonyl (C=O) groups excluding carboxylic acids is 1. The number of ether oxygens (including phenoxy) is 3. The van der Waals surface area contributed by atoms with Gasteiger partial charge in [0.1, 0.15) is 5.75 Å². The van der Waals surface area contributed by atoms with Crippen molar-refractivity contribution in [2.45, 2.75) is 20.3 Å². The lowest BCUT2D eigenvalue weighted by molar-refractivity contribution is 0.0728. The summed E-state index contributed by atoms with van der Waals surface area (Å²) in [5, 5.41) is 8.05. The van der Waals surface area contributed by atoms with E-state index in [9.17, 15) is 4.79 Å². The predicted octanol–water partition coefficient (Wildman–Crippen LogP) is 6.07. The molecule has 0 saturated carbocycles. The Kier molecular flexibility index (Phi) is 9.89. The highest BCUT2D eigenvalue weighted by Crippen LogP contribution is 2.29. The summed E-state index contributed by atoms with van der Waals surface area (Å²) in [6.07, 6.45) is 2.49. The number of hydrogen-bond donors (Lipinski definition) is 2. The van der Waals surface area contributed by atoms with Gasteiger partial charge in [-0.25, -0.2) is 4.79 Å². The zero-order chi connectivity index (χ0) is 25.0. The smallest absolute Gasteiger partial charge is 0.343 e. The molecule has 0 aromatic heterocycles. The fraction of sp³-hybridized carbons (Fsp3) is 0.192. The van der Waals surface area contributed by atoms with Gasteiger partial charge in [-0.3, -0.25) is 5.43 Å². The normalized spacial score (nSPS) is 10.6. The highest BCUT2D eigenvalue weighted by Gasteiger charge is 2.13. The van der Waals surface area contributed by atoms with Crippen LogP contribution in [0.4, 0.5) is 5.69 Å². The maximum Gasteiger partial charge on any atom is 0.343 e. The van der Waals surface area contributed by atoms with E-state index in [2.05, 4.69) is 15.8 Å². The van der Waals surface area contributed by atoms with Crippen LogP contribution in [0.5, 0.6) is 17.2 Å². The van der Waals surface area contributed by atoms with Crippen LogP contribution in [0.15, 0.2) is 71.8 Å². The van der Waals surface area contributed by atoms with Gasteiger partial charge in [0.15, 0.2) is 16.6 Å². The molecule has 0 aliphatic rings. The van der Waals surface area contributed by atoms with E-state index in [-0.39, 0.29) is 0 Å². The molecule has 9 heteroatoms. The van der Waals surface area contributed by atoms with Crippen molar-refractivity contribution in [3.8, 4) is 17.2 Å². The third-order valence-corrected chi connectivity index (χ3v) is 4.92. The topological polar surface area (TPSA) is 81.2 Å². The molecule has 3 aromatic carbocycles. The number of hydrogen-bond acceptors (Lipinski definition) is 6. The second-order valence-electron chi connectivity index (χ2n) is 7.24. The monoisotopic (exact) mass is 511 g/mol. The fourth-order valence-corrected chi connectivity index (χ4v) is 3.28. The van der Waals surface area contributed by atoms with Crippen molar-refractivity contribution in [2.75, 3.05) is 18.5 Å². The van der Waals surface area contributed by atoms with Gasteiger partial charge in [0.25, 0.3) is 0 Å². The Bertz CT molecular complexity index is 1190. The number of thiocarbonyl (C=S) groups is 1. The molecule has 0 unspecified atom stereocenters. The van der Waals surface area contributed by atoms with Crippen LogP contribution in [-0.2, 0) is 0 Å². The first-order chi connectivity index (χ1) is 17.0. The molecular formula is C26H26ClN3O4S. The number of esters is 1. The molecular weight excluding hydrogens is 486 g/mol. The van der Waals surface area contributed by atoms with Crippen LogP contribution >= 0.6 is 23.8 Å². The van der Waals surface area contributed by atoms with Gasteiger partial charge in [-0.05, 0) is 91.8 Å². The highest BCUT2D eigenvalue weighted by atomic mass is 35.5. The minimum absolute atomic E-state index is 0.310. The molecule has 0 fully saturated rings. The van der Waals surface area contributed by atoms with Crippen LogP contribution in [0, 0.1) is 0 Å². The van der Waals surface area contributed by atoms with Gasteiger partial charge < -0.3 is 19.5 Å². The van der Waals surface area contributed by atoms with Gasteiger partial charge in [-0.1, -0.05) is 24.6 Å². The highest BCUT2D eigenvalue weighted by molar-refractivity contribution is 7.80. The summed E-state index contributed by atoms with van der Waals surface area (Å²) in [7, 11) is 0. The van der Waals surface area contributed by atoms with E-state index in [0.29, 0.717) is 46.2 Å². The third kappa shape index (κ3) is 8.27. The Labute approximate surface area is 215 Å². The molecule has 0 aliphatic carbocycles. The Morgan fingerprint density at radius 3 is 2.54 bits per heavy atom. The van der Waals surface area contributed by atoms with Crippen LogP contribution in [0.25, 0.3) is 0 Å². The maximum absolute atomic E-state index is 12.6. The quantitative estimate of drug-likeness (QED) is 0.112. The van der Waals surface area contributed by atoms with Gasteiger partial charge in [0, 0.05) is 10.7 Å². The number of halogens is 1. The summed E-state index contributed by atoms with van der Waals surface area (Å²) in [5.74, 6) is 0.949. The summed E-state index contributed by atoms with van der Waals surface area (Å²) >= 11 is 11.2. The third-order valence-electron chi connectivity index (χ3n) is 4.50. The Morgan fingerprint density at radius 2 is 1.83 bits per heavy atom. The molecule has 0 bridgehead atoms. The van der Waals surface area contributed by atoms with Crippen LogP contribution < -0.4 is 25.0 Å². The van der Waals surface area contributed by atoms with Crippen molar-refractivity contribution in [3.63, 3.8) is 0 Å². The van der Waals surface area contributed by atoms with E-state index in [1.165, 1.54) is 0 Å². The molecule has 0 spiro atoms. The summed E-state index contributed by atoms with van der Waals surface area (Å²) in [6.45, 7) is 4.91. The van der Waals surface area contributed by atoms with Crippen LogP contribution in [0.1, 0.15) is 36.2 Å². The van der Waals surface area contributed by atoms with E-state index >= 15 is 0 Å². The number of rotatable bonds is 10. The summed E-state index contributed by atoms with van der Waals surface area (Å²) in [4.78, 5) is 12.6. The standard InChI is InChI=1S/C26H26ClN3O4S/c1-3-14-33-22-11-9-19(10-12-22)25(31)34-23-13-8-18(15-24(23)32-4-2)17-28-30-26(35)29-21-7-5-6-20(27)16-21/h5-13,15-17H,3-4,14H2,1-2H3,(H2,29,30,35)/b28-17-. The molecule has 2 N–H and O–H groups in total. The molecule has 0 aliphatic heterocycles. The van der Waals surface area contributed by atoms with E-state index < -0.39 is 5.97 Å². The van der Waals surface area contributed by atoms with Crippen LogP contribution in [0.3, 0.4) is 0 Å². The minimum atomic E-state index is -0.492. The number of anilines is 1. The molecule has 3 rings (SSSR count). The SMILES string of the molecule is CCCOc1ccc(C(=O)Oc2ccc(/C=N\NC(=S)Nc3cccc(Cl)c3)cc2OCC)cc1. The molecule has 0 atom stereocenters. The van der Waals surface area contributed by atoms with Crippen LogP contribution in [-0.4, -0.2) is 30.5 Å². The predicted molar refractivity (Wildman–Crippen MR) is 143 cm³/mol. The molecule has 0 heterocycles. The van der Waals surface area contributed by atoms with Gasteiger partial charge in [0.2, 0.25) is 0 Å². The van der Waals surface area contributed by atoms with Crippen molar-refractivity contribution in [3.05, 3.63) is 82.9 Å². The fourth-order valence-electron chi connectivity index (χ4n) is 2.91. The Hall–Kier alpha value is -3.62. The number of hydrazone groups is 1. The van der Waals surface area contributed by atoms with E-state index in [0.717, 1.165) is 17.7 Å². The molecule has 35 heavy (non-hydrogen) atoms. The minimum Gasteiger partial charge on any atom is -0.494 e. The van der Waals surface area contributed by atoms with Crippen molar-refractivity contribution in [1.29, 1.82) is 0 Å². The molecule has 0 amide bonds. The van der Waals surface area contributed by atoms with Gasteiger partial charge in [-0.2, -0.15) is 5.10 Å². The van der Waals surface area contributed by atoms with E-state index in [1.54, 1.807) is 60.8 Å². The Balaban J connectivity index is 1.62. The van der Waals surface area contributed by atoms with E-state index in [4.69, 9.17) is 38.0 Å².